The van der Waals surface area contributed by atoms with Crippen molar-refractivity contribution in [1.29, 1.82) is 0 Å². The van der Waals surface area contributed by atoms with Crippen LogP contribution in [0, 0.1) is 11.8 Å². The Morgan fingerprint density at radius 1 is 1.35 bits per heavy atom. The Kier molecular flexibility index (Phi) is 5.59. The van der Waals surface area contributed by atoms with Gasteiger partial charge in [0.25, 0.3) is 0 Å². The van der Waals surface area contributed by atoms with Gasteiger partial charge in [-0.2, -0.15) is 0 Å². The Bertz CT molecular complexity index is 433. The van der Waals surface area contributed by atoms with Gasteiger partial charge in [-0.3, -0.25) is 0 Å². The molecule has 1 fully saturated rings. The minimum atomic E-state index is 0.539. The van der Waals surface area contributed by atoms with Crippen molar-refractivity contribution in [2.24, 2.45) is 11.8 Å². The van der Waals surface area contributed by atoms with E-state index in [1.165, 1.54) is 32.1 Å². The van der Waals surface area contributed by atoms with Gasteiger partial charge in [-0.05, 0) is 43.2 Å². The molecule has 0 spiro atoms. The lowest BCUT2D eigenvalue weighted by Crippen LogP contribution is -2.28. The first-order valence-electron chi connectivity index (χ1n) is 7.68. The molecule has 2 atom stereocenters. The molecule has 0 heterocycles. The van der Waals surface area contributed by atoms with Gasteiger partial charge in [0.2, 0.25) is 0 Å². The van der Waals surface area contributed by atoms with E-state index in [0.29, 0.717) is 6.04 Å². The van der Waals surface area contributed by atoms with Gasteiger partial charge in [-0.25, -0.2) is 0 Å². The molecule has 2 rings (SSSR count). The van der Waals surface area contributed by atoms with Crippen LogP contribution >= 0.6 is 11.6 Å². The molecule has 0 bridgehead atoms. The van der Waals surface area contributed by atoms with Gasteiger partial charge in [0.05, 0.1) is 17.8 Å². The van der Waals surface area contributed by atoms with E-state index in [2.05, 4.69) is 19.2 Å². The molecule has 20 heavy (non-hydrogen) atoms. The molecule has 1 aliphatic carbocycles. The second kappa shape index (κ2) is 7.21. The van der Waals surface area contributed by atoms with E-state index in [1.807, 2.05) is 18.2 Å². The van der Waals surface area contributed by atoms with Crippen LogP contribution in [0.1, 0.15) is 46.0 Å². The van der Waals surface area contributed by atoms with E-state index in [1.54, 1.807) is 7.11 Å². The standard InChI is InChI=1S/C17H26ClNO/c1-12(2)9-13-5-4-6-14(10-13)19-17-11-15(20-3)7-8-16(17)18/h7-8,11-14,19H,4-6,9-10H2,1-3H3. The van der Waals surface area contributed by atoms with E-state index >= 15 is 0 Å². The summed E-state index contributed by atoms with van der Waals surface area (Å²) >= 11 is 6.28. The Morgan fingerprint density at radius 3 is 2.85 bits per heavy atom. The van der Waals surface area contributed by atoms with E-state index in [4.69, 9.17) is 16.3 Å². The van der Waals surface area contributed by atoms with Crippen molar-refractivity contribution < 1.29 is 4.74 Å². The Morgan fingerprint density at radius 2 is 2.15 bits per heavy atom. The number of benzene rings is 1. The topological polar surface area (TPSA) is 21.3 Å². The average Bonchev–Trinajstić information content (AvgIpc) is 2.41. The summed E-state index contributed by atoms with van der Waals surface area (Å²) < 4.78 is 5.27. The largest absolute Gasteiger partial charge is 0.497 e. The highest BCUT2D eigenvalue weighted by atomic mass is 35.5. The van der Waals surface area contributed by atoms with Crippen LogP contribution in [0.2, 0.25) is 5.02 Å². The van der Waals surface area contributed by atoms with Crippen LogP contribution in [-0.4, -0.2) is 13.2 Å². The summed E-state index contributed by atoms with van der Waals surface area (Å²) in [6.07, 6.45) is 6.52. The monoisotopic (exact) mass is 295 g/mol. The molecule has 1 aromatic carbocycles. The highest BCUT2D eigenvalue weighted by molar-refractivity contribution is 6.33. The molecule has 1 N–H and O–H groups in total. The smallest absolute Gasteiger partial charge is 0.121 e. The third-order valence-electron chi connectivity index (χ3n) is 4.12. The fourth-order valence-electron chi connectivity index (χ4n) is 3.26. The number of ether oxygens (including phenoxy) is 1. The maximum atomic E-state index is 6.28. The van der Waals surface area contributed by atoms with Crippen molar-refractivity contribution in [2.45, 2.75) is 52.0 Å². The van der Waals surface area contributed by atoms with Crippen LogP contribution in [0.4, 0.5) is 5.69 Å². The highest BCUT2D eigenvalue weighted by Gasteiger charge is 2.23. The molecular formula is C17H26ClNO. The number of hydrogen-bond donors (Lipinski definition) is 1. The third-order valence-corrected chi connectivity index (χ3v) is 4.45. The first-order chi connectivity index (χ1) is 9.58. The SMILES string of the molecule is COc1ccc(Cl)c(NC2CCCC(CC(C)C)C2)c1. The van der Waals surface area contributed by atoms with Gasteiger partial charge in [0.15, 0.2) is 0 Å². The first kappa shape index (κ1) is 15.5. The minimum Gasteiger partial charge on any atom is -0.497 e. The van der Waals surface area contributed by atoms with Gasteiger partial charge in [0, 0.05) is 12.1 Å². The lowest BCUT2D eigenvalue weighted by atomic mass is 9.81. The molecular weight excluding hydrogens is 270 g/mol. The van der Waals surface area contributed by atoms with Crippen LogP contribution < -0.4 is 10.1 Å². The van der Waals surface area contributed by atoms with E-state index in [9.17, 15) is 0 Å². The summed E-state index contributed by atoms with van der Waals surface area (Å²) in [6, 6.07) is 6.33. The van der Waals surface area contributed by atoms with Crippen molar-refractivity contribution in [2.75, 3.05) is 12.4 Å². The number of nitrogens with one attached hydrogen (secondary N) is 1. The second-order valence-electron chi connectivity index (χ2n) is 6.35. The zero-order chi connectivity index (χ0) is 14.5. The van der Waals surface area contributed by atoms with Crippen molar-refractivity contribution in [3.63, 3.8) is 0 Å². The van der Waals surface area contributed by atoms with Crippen molar-refractivity contribution in [3.05, 3.63) is 23.2 Å². The summed E-state index contributed by atoms with van der Waals surface area (Å²) in [5, 5.41) is 4.39. The van der Waals surface area contributed by atoms with Crippen molar-refractivity contribution >= 4 is 17.3 Å². The van der Waals surface area contributed by atoms with Gasteiger partial charge in [-0.1, -0.05) is 38.3 Å². The Labute approximate surface area is 127 Å². The molecule has 0 aliphatic heterocycles. The predicted octanol–water partition coefficient (Wildman–Crippen LogP) is 5.37. The first-order valence-corrected chi connectivity index (χ1v) is 8.06. The minimum absolute atomic E-state index is 0.539. The molecule has 112 valence electrons. The fraction of sp³-hybridized carbons (Fsp3) is 0.647. The molecule has 0 amide bonds. The fourth-order valence-corrected chi connectivity index (χ4v) is 3.44. The summed E-state index contributed by atoms with van der Waals surface area (Å²) in [5.74, 6) is 2.50. The van der Waals surface area contributed by atoms with Gasteiger partial charge in [0.1, 0.15) is 5.75 Å². The Hall–Kier alpha value is -0.890. The number of rotatable bonds is 5. The number of hydrogen-bond acceptors (Lipinski definition) is 2. The van der Waals surface area contributed by atoms with E-state index in [-0.39, 0.29) is 0 Å². The van der Waals surface area contributed by atoms with Gasteiger partial charge in [-0.15, -0.1) is 0 Å². The lowest BCUT2D eigenvalue weighted by molar-refractivity contribution is 0.289. The van der Waals surface area contributed by atoms with E-state index in [0.717, 1.165) is 28.3 Å². The van der Waals surface area contributed by atoms with Crippen molar-refractivity contribution in [1.82, 2.24) is 0 Å². The maximum absolute atomic E-state index is 6.28. The predicted molar refractivity (Wildman–Crippen MR) is 86.8 cm³/mol. The summed E-state index contributed by atoms with van der Waals surface area (Å²) in [6.45, 7) is 4.63. The molecule has 3 heteroatoms. The van der Waals surface area contributed by atoms with Crippen LogP contribution in [0.25, 0.3) is 0 Å². The molecule has 0 radical (unpaired) electrons. The summed E-state index contributed by atoms with van der Waals surface area (Å²) in [4.78, 5) is 0. The number of methoxy groups -OCH3 is 1. The Balaban J connectivity index is 1.98. The van der Waals surface area contributed by atoms with Crippen LogP contribution in [0.15, 0.2) is 18.2 Å². The normalized spacial score (nSPS) is 22.9. The third kappa shape index (κ3) is 4.31. The highest BCUT2D eigenvalue weighted by Crippen LogP contribution is 2.33. The summed E-state index contributed by atoms with van der Waals surface area (Å²) in [5.41, 5.74) is 1.00. The van der Waals surface area contributed by atoms with E-state index < -0.39 is 0 Å². The van der Waals surface area contributed by atoms with Crippen molar-refractivity contribution in [3.8, 4) is 5.75 Å². The molecule has 1 saturated carbocycles. The molecule has 1 aliphatic rings. The van der Waals surface area contributed by atoms with Gasteiger partial charge < -0.3 is 10.1 Å². The number of halogens is 1. The number of anilines is 1. The second-order valence-corrected chi connectivity index (χ2v) is 6.76. The average molecular weight is 296 g/mol. The zero-order valence-electron chi connectivity index (χ0n) is 12.8. The molecule has 2 unspecified atom stereocenters. The van der Waals surface area contributed by atoms with Crippen LogP contribution in [0.3, 0.4) is 0 Å². The molecule has 2 nitrogen and oxygen atoms in total. The van der Waals surface area contributed by atoms with Crippen LogP contribution in [-0.2, 0) is 0 Å². The molecule has 0 saturated heterocycles. The quantitative estimate of drug-likeness (QED) is 0.789. The molecule has 1 aromatic rings. The lowest BCUT2D eigenvalue weighted by Gasteiger charge is -2.31. The molecule has 0 aromatic heterocycles. The van der Waals surface area contributed by atoms with Crippen LogP contribution in [0.5, 0.6) is 5.75 Å². The zero-order valence-corrected chi connectivity index (χ0v) is 13.5. The summed E-state index contributed by atoms with van der Waals surface area (Å²) in [7, 11) is 1.69. The van der Waals surface area contributed by atoms with Gasteiger partial charge >= 0.3 is 0 Å². The maximum Gasteiger partial charge on any atom is 0.121 e.